The van der Waals surface area contributed by atoms with Crippen LogP contribution in [0.3, 0.4) is 0 Å². The molecule has 9 nitrogen and oxygen atoms in total. The Bertz CT molecular complexity index is 865. The number of nitrogens with one attached hydrogen (secondary N) is 2. The Morgan fingerprint density at radius 3 is 2.67 bits per heavy atom. The smallest absolute Gasteiger partial charge is 0.293 e. The molecule has 0 atom stereocenters. The van der Waals surface area contributed by atoms with Gasteiger partial charge in [-0.05, 0) is 31.0 Å². The molecule has 24 heavy (non-hydrogen) atoms. The van der Waals surface area contributed by atoms with Crippen molar-refractivity contribution in [2.24, 2.45) is 0 Å². The monoisotopic (exact) mass is 349 g/mol. The van der Waals surface area contributed by atoms with Crippen molar-refractivity contribution in [3.05, 3.63) is 49.8 Å². The number of nitrogens with two attached hydrogens (primary N) is 1. The molecule has 0 saturated carbocycles. The highest BCUT2D eigenvalue weighted by atomic mass is 32.2. The molecule has 4 N–H and O–H groups in total. The summed E-state index contributed by atoms with van der Waals surface area (Å²) in [6.07, 6.45) is 0. The zero-order valence-electron chi connectivity index (χ0n) is 13.0. The number of thioether (sulfide) groups is 1. The number of carbonyl (C=O) groups is 1. The summed E-state index contributed by atoms with van der Waals surface area (Å²) >= 11 is 0.969. The highest BCUT2D eigenvalue weighted by molar-refractivity contribution is 7.99. The Balaban J connectivity index is 2.11. The molecule has 2 rings (SSSR count). The Morgan fingerprint density at radius 2 is 2.04 bits per heavy atom. The molecule has 0 aliphatic rings. The lowest BCUT2D eigenvalue weighted by atomic mass is 10.1. The van der Waals surface area contributed by atoms with Gasteiger partial charge in [0.05, 0.1) is 10.7 Å². The highest BCUT2D eigenvalue weighted by Gasteiger charge is 2.17. The number of anilines is 2. The number of aromatic nitrogens is 2. The van der Waals surface area contributed by atoms with Crippen LogP contribution < -0.4 is 16.6 Å². The minimum atomic E-state index is -0.549. The molecular formula is C14H15N5O4S. The molecule has 126 valence electrons. The van der Waals surface area contributed by atoms with Crippen molar-refractivity contribution in [2.75, 3.05) is 16.8 Å². The summed E-state index contributed by atoms with van der Waals surface area (Å²) < 4.78 is 0. The van der Waals surface area contributed by atoms with E-state index in [1.54, 1.807) is 19.9 Å². The SMILES string of the molecule is Cc1cc(NC(=O)CSc2nc(N)cc(=O)[nH]2)c([N+](=O)[O-])cc1C. The lowest BCUT2D eigenvalue weighted by Gasteiger charge is -2.08. The highest BCUT2D eigenvalue weighted by Crippen LogP contribution is 2.28. The number of rotatable bonds is 5. The van der Waals surface area contributed by atoms with E-state index in [9.17, 15) is 19.7 Å². The maximum atomic E-state index is 12.0. The Labute approximate surface area is 140 Å². The van der Waals surface area contributed by atoms with E-state index in [1.165, 1.54) is 6.07 Å². The van der Waals surface area contributed by atoms with Gasteiger partial charge < -0.3 is 16.0 Å². The maximum Gasteiger partial charge on any atom is 0.293 e. The van der Waals surface area contributed by atoms with Crippen LogP contribution in [0.15, 0.2) is 28.2 Å². The largest absolute Gasteiger partial charge is 0.383 e. The molecule has 0 unspecified atom stereocenters. The number of hydrogen-bond donors (Lipinski definition) is 3. The molecule has 0 aliphatic carbocycles. The Morgan fingerprint density at radius 1 is 1.38 bits per heavy atom. The van der Waals surface area contributed by atoms with E-state index in [1.807, 2.05) is 0 Å². The number of benzene rings is 1. The number of aromatic amines is 1. The van der Waals surface area contributed by atoms with Crippen LogP contribution in [0.2, 0.25) is 0 Å². The van der Waals surface area contributed by atoms with E-state index in [-0.39, 0.29) is 28.1 Å². The van der Waals surface area contributed by atoms with Crippen LogP contribution in [0, 0.1) is 24.0 Å². The van der Waals surface area contributed by atoms with Gasteiger partial charge in [-0.3, -0.25) is 19.7 Å². The van der Waals surface area contributed by atoms with Gasteiger partial charge in [-0.1, -0.05) is 11.8 Å². The molecule has 0 fully saturated rings. The molecule has 0 bridgehead atoms. The number of amides is 1. The van der Waals surface area contributed by atoms with Gasteiger partial charge in [-0.2, -0.15) is 0 Å². The molecule has 1 amide bonds. The van der Waals surface area contributed by atoms with Gasteiger partial charge in [-0.25, -0.2) is 4.98 Å². The van der Waals surface area contributed by atoms with Gasteiger partial charge in [0.15, 0.2) is 5.16 Å². The van der Waals surface area contributed by atoms with E-state index >= 15 is 0 Å². The van der Waals surface area contributed by atoms with Crippen LogP contribution >= 0.6 is 11.8 Å². The van der Waals surface area contributed by atoms with Crippen molar-refractivity contribution in [1.82, 2.24) is 9.97 Å². The van der Waals surface area contributed by atoms with Crippen molar-refractivity contribution < 1.29 is 9.72 Å². The Hall–Kier alpha value is -2.88. The molecule has 0 saturated heterocycles. The van der Waals surface area contributed by atoms with E-state index in [0.29, 0.717) is 0 Å². The first kappa shape index (κ1) is 17.5. The van der Waals surface area contributed by atoms with Gasteiger partial charge in [0, 0.05) is 12.1 Å². The maximum absolute atomic E-state index is 12.0. The number of nitro groups is 1. The standard InChI is InChI=1S/C14H15N5O4S/c1-7-3-9(10(19(22)23)4-8(7)2)16-13(21)6-24-14-17-11(15)5-12(20)18-14/h3-5H,6H2,1-2H3,(H,16,21)(H3,15,17,18,20). The van der Waals surface area contributed by atoms with E-state index in [0.717, 1.165) is 29.0 Å². The molecule has 0 spiro atoms. The number of nitro benzene ring substituents is 1. The minimum Gasteiger partial charge on any atom is -0.383 e. The predicted octanol–water partition coefficient (Wildman–Crippen LogP) is 1.61. The van der Waals surface area contributed by atoms with Crippen LogP contribution in [0.4, 0.5) is 17.2 Å². The molecule has 2 aromatic rings. The molecule has 1 aromatic carbocycles. The quantitative estimate of drug-likeness (QED) is 0.322. The fraction of sp³-hybridized carbons (Fsp3) is 0.214. The van der Waals surface area contributed by atoms with E-state index in [2.05, 4.69) is 15.3 Å². The summed E-state index contributed by atoms with van der Waals surface area (Å²) in [5.41, 5.74) is 6.57. The number of aryl methyl sites for hydroxylation is 2. The van der Waals surface area contributed by atoms with Gasteiger partial charge in [0.1, 0.15) is 11.5 Å². The molecule has 1 heterocycles. The second-order valence-electron chi connectivity index (χ2n) is 5.02. The summed E-state index contributed by atoms with van der Waals surface area (Å²) in [5, 5.41) is 13.8. The van der Waals surface area contributed by atoms with Crippen LogP contribution in [0.1, 0.15) is 11.1 Å². The lowest BCUT2D eigenvalue weighted by molar-refractivity contribution is -0.384. The molecular weight excluding hydrogens is 334 g/mol. The third-order valence-corrected chi connectivity index (χ3v) is 4.04. The second kappa shape index (κ2) is 7.13. The first-order chi connectivity index (χ1) is 11.3. The first-order valence-corrected chi connectivity index (χ1v) is 7.80. The predicted molar refractivity (Wildman–Crippen MR) is 91.2 cm³/mol. The summed E-state index contributed by atoms with van der Waals surface area (Å²) in [5.74, 6) is -0.501. The van der Waals surface area contributed by atoms with Crippen molar-refractivity contribution in [2.45, 2.75) is 19.0 Å². The summed E-state index contributed by atoms with van der Waals surface area (Å²) in [6.45, 7) is 3.55. The summed E-state index contributed by atoms with van der Waals surface area (Å²) in [4.78, 5) is 40.2. The average Bonchev–Trinajstić information content (AvgIpc) is 2.47. The number of nitrogen functional groups attached to an aromatic ring is 1. The zero-order valence-corrected chi connectivity index (χ0v) is 13.8. The third kappa shape index (κ3) is 4.32. The first-order valence-electron chi connectivity index (χ1n) is 6.81. The number of carbonyl (C=O) groups excluding carboxylic acids is 1. The van der Waals surface area contributed by atoms with Crippen molar-refractivity contribution >= 4 is 34.9 Å². The lowest BCUT2D eigenvalue weighted by Crippen LogP contribution is -2.16. The van der Waals surface area contributed by atoms with Crippen LogP contribution in [-0.4, -0.2) is 26.6 Å². The third-order valence-electron chi connectivity index (χ3n) is 3.16. The second-order valence-corrected chi connectivity index (χ2v) is 5.99. The van der Waals surface area contributed by atoms with Crippen LogP contribution in [0.5, 0.6) is 0 Å². The van der Waals surface area contributed by atoms with Crippen molar-refractivity contribution in [1.29, 1.82) is 0 Å². The van der Waals surface area contributed by atoms with Crippen molar-refractivity contribution in [3.8, 4) is 0 Å². The summed E-state index contributed by atoms with van der Waals surface area (Å²) in [7, 11) is 0. The van der Waals surface area contributed by atoms with Crippen LogP contribution in [-0.2, 0) is 4.79 Å². The number of H-pyrrole nitrogens is 1. The Kier molecular flexibility index (Phi) is 5.19. The number of nitrogens with zero attached hydrogens (tertiary/aromatic N) is 2. The van der Waals surface area contributed by atoms with Gasteiger partial charge in [0.25, 0.3) is 11.2 Å². The van der Waals surface area contributed by atoms with Gasteiger partial charge in [-0.15, -0.1) is 0 Å². The normalized spacial score (nSPS) is 10.4. The number of hydrogen-bond acceptors (Lipinski definition) is 7. The zero-order chi connectivity index (χ0) is 17.9. The average molecular weight is 349 g/mol. The molecule has 0 aliphatic heterocycles. The van der Waals surface area contributed by atoms with Gasteiger partial charge >= 0.3 is 0 Å². The van der Waals surface area contributed by atoms with E-state index in [4.69, 9.17) is 5.73 Å². The fourth-order valence-corrected chi connectivity index (χ4v) is 2.58. The topological polar surface area (TPSA) is 144 Å². The molecule has 0 radical (unpaired) electrons. The van der Waals surface area contributed by atoms with Crippen molar-refractivity contribution in [3.63, 3.8) is 0 Å². The van der Waals surface area contributed by atoms with E-state index < -0.39 is 16.4 Å². The van der Waals surface area contributed by atoms with Gasteiger partial charge in [0.2, 0.25) is 5.91 Å². The minimum absolute atomic E-state index is 0.0476. The molecule has 10 heteroatoms. The fourth-order valence-electron chi connectivity index (χ4n) is 1.89. The molecule has 1 aromatic heterocycles. The summed E-state index contributed by atoms with van der Waals surface area (Å²) in [6, 6.07) is 4.09. The van der Waals surface area contributed by atoms with Crippen LogP contribution in [0.25, 0.3) is 0 Å².